The molecule has 0 atom stereocenters. The van der Waals surface area contributed by atoms with Gasteiger partial charge in [0.05, 0.1) is 16.3 Å². The SMILES string of the molecule is CCc1ccc(N=C2S/C(=C/c3cccc(O)c3)C(=O)N2c2ccc(CC)cc2)cc1. The molecule has 4 nitrogen and oxygen atoms in total. The van der Waals surface area contributed by atoms with E-state index in [9.17, 15) is 9.90 Å². The first kappa shape index (κ1) is 20.9. The van der Waals surface area contributed by atoms with Gasteiger partial charge in [0.15, 0.2) is 5.17 Å². The van der Waals surface area contributed by atoms with Gasteiger partial charge in [-0.25, -0.2) is 4.99 Å². The highest BCUT2D eigenvalue weighted by Crippen LogP contribution is 2.37. The molecule has 0 aromatic heterocycles. The highest BCUT2D eigenvalue weighted by Gasteiger charge is 2.34. The van der Waals surface area contributed by atoms with E-state index >= 15 is 0 Å². The minimum Gasteiger partial charge on any atom is -0.508 e. The van der Waals surface area contributed by atoms with Gasteiger partial charge in [-0.3, -0.25) is 9.69 Å². The fourth-order valence-corrected chi connectivity index (χ4v) is 4.34. The van der Waals surface area contributed by atoms with Crippen LogP contribution in [-0.2, 0) is 17.6 Å². The van der Waals surface area contributed by atoms with Crippen LogP contribution in [0.1, 0.15) is 30.5 Å². The molecule has 0 aliphatic carbocycles. The third-order valence-corrected chi connectivity index (χ3v) is 6.12. The van der Waals surface area contributed by atoms with Crippen LogP contribution < -0.4 is 4.90 Å². The van der Waals surface area contributed by atoms with Gasteiger partial charge in [-0.1, -0.05) is 50.2 Å². The van der Waals surface area contributed by atoms with Gasteiger partial charge in [-0.2, -0.15) is 0 Å². The summed E-state index contributed by atoms with van der Waals surface area (Å²) in [5.41, 5.74) is 4.83. The lowest BCUT2D eigenvalue weighted by atomic mass is 10.1. The second kappa shape index (κ2) is 9.23. The van der Waals surface area contributed by atoms with Crippen LogP contribution >= 0.6 is 11.8 Å². The average Bonchev–Trinajstić information content (AvgIpc) is 3.09. The van der Waals surface area contributed by atoms with Crippen LogP contribution in [0.15, 0.2) is 82.7 Å². The minimum atomic E-state index is -0.124. The zero-order valence-corrected chi connectivity index (χ0v) is 18.4. The lowest BCUT2D eigenvalue weighted by molar-refractivity contribution is -0.113. The summed E-state index contributed by atoms with van der Waals surface area (Å²) >= 11 is 1.34. The molecule has 5 heteroatoms. The van der Waals surface area contributed by atoms with E-state index < -0.39 is 0 Å². The number of amides is 1. The standard InChI is InChI=1S/C26H24N2O2S/c1-3-18-8-12-21(13-9-18)27-26-28(22-14-10-19(4-2)11-15-22)25(30)24(31-26)17-20-6-5-7-23(29)16-20/h5-17,29H,3-4H2,1-2H3/b24-17+,27-26?. The number of carbonyl (C=O) groups is 1. The minimum absolute atomic E-state index is 0.124. The molecule has 0 spiro atoms. The summed E-state index contributed by atoms with van der Waals surface area (Å²) in [6.07, 6.45) is 3.70. The number of carbonyl (C=O) groups excluding carboxylic acids is 1. The molecule has 3 aromatic rings. The molecule has 1 N–H and O–H groups in total. The summed E-state index contributed by atoms with van der Waals surface area (Å²) in [4.78, 5) is 20.4. The quantitative estimate of drug-likeness (QED) is 0.484. The van der Waals surface area contributed by atoms with E-state index in [1.54, 1.807) is 29.2 Å². The Hall–Kier alpha value is -3.31. The Labute approximate surface area is 187 Å². The van der Waals surface area contributed by atoms with E-state index in [1.165, 1.54) is 22.9 Å². The second-order valence-corrected chi connectivity index (χ2v) is 8.29. The summed E-state index contributed by atoms with van der Waals surface area (Å²) in [6.45, 7) is 4.22. The topological polar surface area (TPSA) is 52.9 Å². The first-order chi connectivity index (χ1) is 15.1. The molecule has 0 bridgehead atoms. The predicted octanol–water partition coefficient (Wildman–Crippen LogP) is 6.33. The van der Waals surface area contributed by atoms with Crippen LogP contribution in [0, 0.1) is 0 Å². The maximum absolute atomic E-state index is 13.3. The molecule has 156 valence electrons. The Kier molecular flexibility index (Phi) is 6.23. The summed E-state index contributed by atoms with van der Waals surface area (Å²) in [6, 6.07) is 23.0. The maximum Gasteiger partial charge on any atom is 0.271 e. The van der Waals surface area contributed by atoms with Crippen molar-refractivity contribution in [2.24, 2.45) is 4.99 Å². The number of rotatable bonds is 5. The van der Waals surface area contributed by atoms with Crippen molar-refractivity contribution in [3.8, 4) is 5.75 Å². The first-order valence-corrected chi connectivity index (χ1v) is 11.2. The van der Waals surface area contributed by atoms with Crippen molar-refractivity contribution in [3.63, 3.8) is 0 Å². The maximum atomic E-state index is 13.3. The predicted molar refractivity (Wildman–Crippen MR) is 130 cm³/mol. The number of phenolic OH excluding ortho intramolecular Hbond substituents is 1. The van der Waals surface area contributed by atoms with Gasteiger partial charge in [0.2, 0.25) is 0 Å². The fraction of sp³-hybridized carbons (Fsp3) is 0.154. The van der Waals surface area contributed by atoms with Gasteiger partial charge >= 0.3 is 0 Å². The summed E-state index contributed by atoms with van der Waals surface area (Å²) < 4.78 is 0. The van der Waals surface area contributed by atoms with E-state index in [-0.39, 0.29) is 11.7 Å². The fourth-order valence-electron chi connectivity index (χ4n) is 3.34. The van der Waals surface area contributed by atoms with Crippen LogP contribution in [0.3, 0.4) is 0 Å². The molecule has 1 amide bonds. The first-order valence-electron chi connectivity index (χ1n) is 10.4. The van der Waals surface area contributed by atoms with Crippen LogP contribution in [0.2, 0.25) is 0 Å². The molecule has 1 saturated heterocycles. The number of hydrogen-bond acceptors (Lipinski definition) is 4. The Balaban J connectivity index is 1.75. The Morgan fingerprint density at radius 2 is 1.58 bits per heavy atom. The number of benzene rings is 3. The third-order valence-electron chi connectivity index (χ3n) is 5.15. The molecule has 0 unspecified atom stereocenters. The Bertz CT molecular complexity index is 1150. The molecule has 1 aliphatic heterocycles. The van der Waals surface area contributed by atoms with Gasteiger partial charge in [0, 0.05) is 0 Å². The summed E-state index contributed by atoms with van der Waals surface area (Å²) in [7, 11) is 0. The van der Waals surface area contributed by atoms with Gasteiger partial charge < -0.3 is 5.11 Å². The van der Waals surface area contributed by atoms with E-state index in [2.05, 4.69) is 26.0 Å². The van der Waals surface area contributed by atoms with E-state index in [0.29, 0.717) is 10.1 Å². The lowest BCUT2D eigenvalue weighted by Gasteiger charge is -2.16. The van der Waals surface area contributed by atoms with E-state index in [4.69, 9.17) is 4.99 Å². The zero-order chi connectivity index (χ0) is 21.8. The molecular weight excluding hydrogens is 404 g/mol. The number of aliphatic imine (C=N–C) groups is 1. The number of aromatic hydroxyl groups is 1. The number of nitrogens with zero attached hydrogens (tertiary/aromatic N) is 2. The third kappa shape index (κ3) is 4.72. The van der Waals surface area contributed by atoms with Crippen molar-refractivity contribution in [2.45, 2.75) is 26.7 Å². The number of aryl methyl sites for hydroxylation is 2. The second-order valence-electron chi connectivity index (χ2n) is 7.28. The molecular formula is C26H24N2O2S. The van der Waals surface area contributed by atoms with Gasteiger partial charge in [-0.05, 0) is 83.8 Å². The largest absolute Gasteiger partial charge is 0.508 e. The number of anilines is 1. The van der Waals surface area contributed by atoms with Crippen molar-refractivity contribution in [2.75, 3.05) is 4.90 Å². The number of thioether (sulfide) groups is 1. The van der Waals surface area contributed by atoms with E-state index in [1.807, 2.05) is 42.5 Å². The number of phenols is 1. The smallest absolute Gasteiger partial charge is 0.271 e. The van der Waals surface area contributed by atoms with Crippen LogP contribution in [-0.4, -0.2) is 16.2 Å². The molecule has 1 fully saturated rings. The van der Waals surface area contributed by atoms with Crippen LogP contribution in [0.25, 0.3) is 6.08 Å². The average molecular weight is 429 g/mol. The molecule has 4 rings (SSSR count). The Morgan fingerprint density at radius 3 is 2.19 bits per heavy atom. The van der Waals surface area contributed by atoms with E-state index in [0.717, 1.165) is 29.8 Å². The zero-order valence-electron chi connectivity index (χ0n) is 17.6. The monoisotopic (exact) mass is 428 g/mol. The molecule has 3 aromatic carbocycles. The molecule has 1 aliphatic rings. The molecule has 0 saturated carbocycles. The Morgan fingerprint density at radius 1 is 0.935 bits per heavy atom. The van der Waals surface area contributed by atoms with Crippen LogP contribution in [0.5, 0.6) is 5.75 Å². The summed E-state index contributed by atoms with van der Waals surface area (Å²) in [5.74, 6) is 0.0447. The highest BCUT2D eigenvalue weighted by molar-refractivity contribution is 8.19. The number of amidine groups is 1. The normalized spacial score (nSPS) is 16.5. The van der Waals surface area contributed by atoms with Gasteiger partial charge in [-0.15, -0.1) is 0 Å². The summed E-state index contributed by atoms with van der Waals surface area (Å²) in [5, 5.41) is 10.4. The van der Waals surface area contributed by atoms with Crippen molar-refractivity contribution >= 4 is 40.3 Å². The van der Waals surface area contributed by atoms with Crippen LogP contribution in [0.4, 0.5) is 11.4 Å². The van der Waals surface area contributed by atoms with Crippen molar-refractivity contribution in [1.29, 1.82) is 0 Å². The molecule has 0 radical (unpaired) electrons. The molecule has 31 heavy (non-hydrogen) atoms. The van der Waals surface area contributed by atoms with Gasteiger partial charge in [0.1, 0.15) is 5.75 Å². The van der Waals surface area contributed by atoms with Gasteiger partial charge in [0.25, 0.3) is 5.91 Å². The highest BCUT2D eigenvalue weighted by atomic mass is 32.2. The van der Waals surface area contributed by atoms with Crippen molar-refractivity contribution in [1.82, 2.24) is 0 Å². The van der Waals surface area contributed by atoms with Crippen molar-refractivity contribution in [3.05, 3.63) is 94.4 Å². The molecule has 1 heterocycles. The number of hydrogen-bond donors (Lipinski definition) is 1. The van der Waals surface area contributed by atoms with Crippen molar-refractivity contribution < 1.29 is 9.90 Å². The lowest BCUT2D eigenvalue weighted by Crippen LogP contribution is -2.28.